The maximum absolute atomic E-state index is 12.9. The van der Waals surface area contributed by atoms with E-state index in [9.17, 15) is 14.4 Å². The van der Waals surface area contributed by atoms with Gasteiger partial charge in [-0.05, 0) is 24.3 Å². The maximum Gasteiger partial charge on any atom is 0.283 e. The molecule has 2 aromatic carbocycles. The Labute approximate surface area is 176 Å². The predicted octanol–water partition coefficient (Wildman–Crippen LogP) is 1.71. The summed E-state index contributed by atoms with van der Waals surface area (Å²) in [4.78, 5) is 43.9. The summed E-state index contributed by atoms with van der Waals surface area (Å²) in [6.45, 7) is 0.255. The summed E-state index contributed by atoms with van der Waals surface area (Å²) in [5.41, 5.74) is 4.05. The third-order valence-corrected chi connectivity index (χ3v) is 5.28. The molecule has 0 saturated carbocycles. The van der Waals surface area contributed by atoms with Crippen LogP contribution in [0.1, 0.15) is 6.42 Å². The van der Waals surface area contributed by atoms with Crippen LogP contribution in [0.25, 0.3) is 16.7 Å². The van der Waals surface area contributed by atoms with E-state index >= 15 is 0 Å². The van der Waals surface area contributed by atoms with Gasteiger partial charge in [-0.2, -0.15) is 5.10 Å². The summed E-state index contributed by atoms with van der Waals surface area (Å²) in [5, 5.41) is 4.53. The number of amides is 2. The van der Waals surface area contributed by atoms with E-state index in [2.05, 4.69) is 15.5 Å². The molecule has 5 rings (SSSR count). The lowest BCUT2D eigenvalue weighted by Gasteiger charge is -2.16. The van der Waals surface area contributed by atoms with Gasteiger partial charge in [-0.15, -0.1) is 0 Å². The van der Waals surface area contributed by atoms with E-state index in [1.165, 1.54) is 12.5 Å². The highest BCUT2D eigenvalue weighted by atomic mass is 16.2. The van der Waals surface area contributed by atoms with Gasteiger partial charge in [-0.3, -0.25) is 19.8 Å². The van der Waals surface area contributed by atoms with Crippen LogP contribution in [0.2, 0.25) is 0 Å². The van der Waals surface area contributed by atoms with Crippen molar-refractivity contribution in [3.8, 4) is 5.69 Å². The predicted molar refractivity (Wildman–Crippen MR) is 114 cm³/mol. The highest BCUT2D eigenvalue weighted by Gasteiger charge is 2.35. The van der Waals surface area contributed by atoms with E-state index in [-0.39, 0.29) is 24.3 Å². The topological polar surface area (TPSA) is 102 Å². The monoisotopic (exact) mass is 414 g/mol. The lowest BCUT2D eigenvalue weighted by atomic mass is 10.1. The molecule has 1 saturated heterocycles. The molecule has 3 heterocycles. The number of carbonyl (C=O) groups excluding carboxylic acids is 2. The number of hydrogen-bond donors (Lipinski definition) is 1. The average molecular weight is 414 g/mol. The molecule has 0 unspecified atom stereocenters. The van der Waals surface area contributed by atoms with Crippen LogP contribution in [0, 0.1) is 5.92 Å². The summed E-state index contributed by atoms with van der Waals surface area (Å²) < 4.78 is 2.60. The van der Waals surface area contributed by atoms with Gasteiger partial charge in [-0.25, -0.2) is 14.3 Å². The van der Waals surface area contributed by atoms with Gasteiger partial charge in [0.15, 0.2) is 5.65 Å². The maximum atomic E-state index is 12.9. The summed E-state index contributed by atoms with van der Waals surface area (Å²) in [5.74, 6) is -1.11. The third-order valence-electron chi connectivity index (χ3n) is 5.28. The number of fused-ring (bicyclic) bond motifs is 1. The first-order valence-electron chi connectivity index (χ1n) is 9.79. The molecule has 0 radical (unpaired) electrons. The molecule has 1 N–H and O–H groups in total. The van der Waals surface area contributed by atoms with Crippen molar-refractivity contribution in [2.24, 2.45) is 5.92 Å². The molecule has 9 heteroatoms. The second kappa shape index (κ2) is 7.52. The highest BCUT2D eigenvalue weighted by molar-refractivity contribution is 6.01. The molecule has 1 atom stereocenters. The van der Waals surface area contributed by atoms with Crippen molar-refractivity contribution in [1.82, 2.24) is 19.4 Å². The Hall–Kier alpha value is -4.27. The molecule has 1 fully saturated rings. The molecule has 1 aliphatic heterocycles. The van der Waals surface area contributed by atoms with E-state index < -0.39 is 17.4 Å². The first kappa shape index (κ1) is 18.7. The van der Waals surface area contributed by atoms with Crippen LogP contribution < -0.4 is 15.9 Å². The summed E-state index contributed by atoms with van der Waals surface area (Å²) in [7, 11) is 0. The summed E-state index contributed by atoms with van der Waals surface area (Å²) in [6, 6.07) is 18.5. The van der Waals surface area contributed by atoms with Crippen molar-refractivity contribution in [2.45, 2.75) is 6.42 Å². The molecule has 0 bridgehead atoms. The van der Waals surface area contributed by atoms with E-state index in [0.29, 0.717) is 5.65 Å². The third kappa shape index (κ3) is 3.35. The Morgan fingerprint density at radius 3 is 2.35 bits per heavy atom. The SMILES string of the molecule is O=C(Nn1cnc2c(cnn2-c2ccccc2)c1=O)[C@@H]1CC(=O)N(c2ccccc2)C1. The van der Waals surface area contributed by atoms with Crippen LogP contribution >= 0.6 is 0 Å². The van der Waals surface area contributed by atoms with Gasteiger partial charge in [0.25, 0.3) is 5.56 Å². The van der Waals surface area contributed by atoms with E-state index in [1.54, 1.807) is 9.58 Å². The number of nitrogens with zero attached hydrogens (tertiary/aromatic N) is 5. The second-order valence-electron chi connectivity index (χ2n) is 7.27. The van der Waals surface area contributed by atoms with Gasteiger partial charge in [0, 0.05) is 18.7 Å². The quantitative estimate of drug-likeness (QED) is 0.548. The van der Waals surface area contributed by atoms with Crippen LogP contribution in [0.3, 0.4) is 0 Å². The Morgan fingerprint density at radius 2 is 1.65 bits per heavy atom. The minimum Gasteiger partial charge on any atom is -0.312 e. The van der Waals surface area contributed by atoms with Crippen LogP contribution in [0.15, 0.2) is 78.0 Å². The summed E-state index contributed by atoms with van der Waals surface area (Å²) >= 11 is 0. The molecule has 0 spiro atoms. The highest BCUT2D eigenvalue weighted by Crippen LogP contribution is 2.25. The van der Waals surface area contributed by atoms with Crippen LogP contribution in [-0.2, 0) is 9.59 Å². The average Bonchev–Trinajstić information content (AvgIpc) is 3.41. The molecule has 4 aromatic rings. The molecular weight excluding hydrogens is 396 g/mol. The molecule has 2 aromatic heterocycles. The van der Waals surface area contributed by atoms with Crippen molar-refractivity contribution >= 4 is 28.5 Å². The van der Waals surface area contributed by atoms with Crippen molar-refractivity contribution in [2.75, 3.05) is 16.9 Å². The number of rotatable bonds is 4. The lowest BCUT2D eigenvalue weighted by Crippen LogP contribution is -2.37. The largest absolute Gasteiger partial charge is 0.312 e. The molecule has 9 nitrogen and oxygen atoms in total. The van der Waals surface area contributed by atoms with Gasteiger partial charge in [-0.1, -0.05) is 36.4 Å². The van der Waals surface area contributed by atoms with Gasteiger partial charge < -0.3 is 4.90 Å². The minimum atomic E-state index is -0.567. The zero-order valence-electron chi connectivity index (χ0n) is 16.4. The Morgan fingerprint density at radius 1 is 0.968 bits per heavy atom. The zero-order chi connectivity index (χ0) is 21.4. The number of hydrogen-bond acceptors (Lipinski definition) is 5. The fourth-order valence-electron chi connectivity index (χ4n) is 3.70. The standard InChI is InChI=1S/C22H18N6O3/c29-19-11-15(13-26(19)16-7-3-1-4-8-16)21(30)25-27-14-23-20-18(22(27)31)12-24-28(20)17-9-5-2-6-10-17/h1-10,12,14-15H,11,13H2,(H,25,30)/t15-/m1/s1. The molecule has 31 heavy (non-hydrogen) atoms. The van der Waals surface area contributed by atoms with Crippen molar-refractivity contribution in [1.29, 1.82) is 0 Å². The van der Waals surface area contributed by atoms with Gasteiger partial charge in [0.1, 0.15) is 11.7 Å². The lowest BCUT2D eigenvalue weighted by molar-refractivity contribution is -0.123. The number of benzene rings is 2. The number of aromatic nitrogens is 4. The first-order chi connectivity index (χ1) is 15.1. The zero-order valence-corrected chi connectivity index (χ0v) is 16.4. The van der Waals surface area contributed by atoms with E-state index in [0.717, 1.165) is 16.1 Å². The number of anilines is 1. The molecule has 154 valence electrons. The van der Waals surface area contributed by atoms with Gasteiger partial charge in [0.05, 0.1) is 17.8 Å². The molecule has 0 aliphatic carbocycles. The minimum absolute atomic E-state index is 0.0804. The Bertz CT molecular complexity index is 1330. The fraction of sp³-hybridized carbons (Fsp3) is 0.136. The van der Waals surface area contributed by atoms with Gasteiger partial charge >= 0.3 is 0 Å². The first-order valence-corrected chi connectivity index (χ1v) is 9.79. The number of carbonyl (C=O) groups is 2. The number of para-hydroxylation sites is 2. The summed E-state index contributed by atoms with van der Waals surface area (Å²) in [6.07, 6.45) is 2.77. The Balaban J connectivity index is 1.37. The van der Waals surface area contributed by atoms with Crippen molar-refractivity contribution in [3.63, 3.8) is 0 Å². The van der Waals surface area contributed by atoms with Gasteiger partial charge in [0.2, 0.25) is 11.8 Å². The molecule has 2 amide bonds. The molecule has 1 aliphatic rings. The van der Waals surface area contributed by atoms with Crippen LogP contribution in [0.4, 0.5) is 5.69 Å². The smallest absolute Gasteiger partial charge is 0.283 e. The normalized spacial score (nSPS) is 16.1. The molecular formula is C22H18N6O3. The van der Waals surface area contributed by atoms with Crippen molar-refractivity contribution in [3.05, 3.63) is 83.5 Å². The van der Waals surface area contributed by atoms with E-state index in [4.69, 9.17) is 0 Å². The van der Waals surface area contributed by atoms with Crippen LogP contribution in [-0.4, -0.2) is 37.8 Å². The van der Waals surface area contributed by atoms with Crippen LogP contribution in [0.5, 0.6) is 0 Å². The second-order valence-corrected chi connectivity index (χ2v) is 7.27. The Kier molecular flexibility index (Phi) is 4.55. The van der Waals surface area contributed by atoms with Crippen molar-refractivity contribution < 1.29 is 9.59 Å². The number of nitrogens with one attached hydrogen (secondary N) is 1. The van der Waals surface area contributed by atoms with E-state index in [1.807, 2.05) is 60.7 Å². The fourth-order valence-corrected chi connectivity index (χ4v) is 3.70.